The van der Waals surface area contributed by atoms with Crippen LogP contribution in [-0.4, -0.2) is 35.5 Å². The third kappa shape index (κ3) is 2.10. The van der Waals surface area contributed by atoms with Crippen molar-refractivity contribution in [3.63, 3.8) is 0 Å². The van der Waals surface area contributed by atoms with Crippen LogP contribution in [0.15, 0.2) is 18.2 Å². The number of ether oxygens (including phenoxy) is 1. The van der Waals surface area contributed by atoms with E-state index in [1.54, 1.807) is 6.07 Å². The Labute approximate surface area is 110 Å². The number of fused-ring (bicyclic) bond motifs is 1. The van der Waals surface area contributed by atoms with E-state index in [1.807, 2.05) is 0 Å². The number of carbonyl (C=O) groups is 2. The van der Waals surface area contributed by atoms with Crippen molar-refractivity contribution in [2.24, 2.45) is 0 Å². The largest absolute Gasteiger partial charge is 0.486 e. The first-order valence-electron chi connectivity index (χ1n) is 6.40. The smallest absolute Gasteiger partial charge is 0.335 e. The summed E-state index contributed by atoms with van der Waals surface area (Å²) >= 11 is 0. The Morgan fingerprint density at radius 2 is 2.05 bits per heavy atom. The Bertz CT molecular complexity index is 546. The summed E-state index contributed by atoms with van der Waals surface area (Å²) in [5, 5.41) is 12.2. The van der Waals surface area contributed by atoms with E-state index in [9.17, 15) is 9.59 Å². The van der Waals surface area contributed by atoms with Crippen molar-refractivity contribution < 1.29 is 19.4 Å². The van der Waals surface area contributed by atoms with Crippen molar-refractivity contribution in [1.82, 2.24) is 5.32 Å². The number of piperidine rings is 1. The lowest BCUT2D eigenvalue weighted by atomic mass is 9.83. The second kappa shape index (κ2) is 4.35. The second-order valence-corrected chi connectivity index (χ2v) is 5.15. The van der Waals surface area contributed by atoms with Gasteiger partial charge in [-0.1, -0.05) is 0 Å². The summed E-state index contributed by atoms with van der Waals surface area (Å²) in [6.07, 6.45) is 1.95. The van der Waals surface area contributed by atoms with Crippen LogP contribution in [0.5, 0.6) is 5.75 Å². The Morgan fingerprint density at radius 3 is 2.74 bits per heavy atom. The van der Waals surface area contributed by atoms with Crippen LogP contribution >= 0.6 is 0 Å². The Balaban J connectivity index is 1.97. The predicted molar refractivity (Wildman–Crippen MR) is 67.8 cm³/mol. The van der Waals surface area contributed by atoms with Crippen LogP contribution in [0.25, 0.3) is 0 Å². The van der Waals surface area contributed by atoms with E-state index in [4.69, 9.17) is 9.84 Å². The molecular formula is C14H15NO4. The second-order valence-electron chi connectivity index (χ2n) is 5.15. The number of hydrogen-bond acceptors (Lipinski definition) is 4. The third-order valence-corrected chi connectivity index (χ3v) is 3.85. The van der Waals surface area contributed by atoms with Gasteiger partial charge in [-0.05, 0) is 31.3 Å². The predicted octanol–water partition coefficient (Wildman–Crippen LogP) is 1.47. The fourth-order valence-electron chi connectivity index (χ4n) is 2.79. The van der Waals surface area contributed by atoms with Crippen molar-refractivity contribution in [1.29, 1.82) is 0 Å². The number of aromatic carboxylic acids is 1. The van der Waals surface area contributed by atoms with E-state index in [-0.39, 0.29) is 11.3 Å². The molecule has 1 spiro atoms. The summed E-state index contributed by atoms with van der Waals surface area (Å²) in [7, 11) is 0. The fraction of sp³-hybridized carbons (Fsp3) is 0.429. The number of benzene rings is 1. The molecule has 19 heavy (non-hydrogen) atoms. The average molecular weight is 261 g/mol. The summed E-state index contributed by atoms with van der Waals surface area (Å²) in [6, 6.07) is 4.49. The third-order valence-electron chi connectivity index (χ3n) is 3.85. The minimum absolute atomic E-state index is 0.0220. The van der Waals surface area contributed by atoms with Crippen molar-refractivity contribution in [2.75, 3.05) is 13.1 Å². The number of rotatable bonds is 1. The van der Waals surface area contributed by atoms with Gasteiger partial charge in [0.25, 0.3) is 0 Å². The summed E-state index contributed by atoms with van der Waals surface area (Å²) in [4.78, 5) is 23.2. The molecule has 0 aliphatic carbocycles. The van der Waals surface area contributed by atoms with E-state index in [0.29, 0.717) is 17.7 Å². The molecule has 100 valence electrons. The Hall–Kier alpha value is -1.88. The monoisotopic (exact) mass is 261 g/mol. The van der Waals surface area contributed by atoms with E-state index < -0.39 is 11.6 Å². The minimum atomic E-state index is -1.03. The molecule has 0 unspecified atom stereocenters. The van der Waals surface area contributed by atoms with E-state index in [0.717, 1.165) is 25.9 Å². The highest BCUT2D eigenvalue weighted by Crippen LogP contribution is 2.38. The average Bonchev–Trinajstić information content (AvgIpc) is 2.39. The zero-order chi connectivity index (χ0) is 13.5. The molecule has 3 rings (SSSR count). The van der Waals surface area contributed by atoms with E-state index in [2.05, 4.69) is 5.32 Å². The molecule has 2 aliphatic heterocycles. The summed E-state index contributed by atoms with van der Waals surface area (Å²) in [5.41, 5.74) is 0.112. The van der Waals surface area contributed by atoms with Gasteiger partial charge in [0.05, 0.1) is 17.5 Å². The lowest BCUT2D eigenvalue weighted by Crippen LogP contribution is -2.49. The van der Waals surface area contributed by atoms with Gasteiger partial charge in [-0.3, -0.25) is 4.79 Å². The lowest BCUT2D eigenvalue weighted by molar-refractivity contribution is 0.0187. The van der Waals surface area contributed by atoms with Gasteiger partial charge < -0.3 is 15.2 Å². The van der Waals surface area contributed by atoms with Crippen molar-refractivity contribution in [3.05, 3.63) is 29.3 Å². The molecule has 1 aromatic rings. The molecule has 2 N–H and O–H groups in total. The first-order chi connectivity index (χ1) is 9.10. The molecule has 1 aromatic carbocycles. The van der Waals surface area contributed by atoms with Crippen molar-refractivity contribution in [2.45, 2.75) is 24.9 Å². The van der Waals surface area contributed by atoms with Crippen molar-refractivity contribution in [3.8, 4) is 5.75 Å². The highest BCUT2D eigenvalue weighted by molar-refractivity contribution is 6.02. The van der Waals surface area contributed by atoms with Crippen LogP contribution in [0.4, 0.5) is 0 Å². The number of carboxylic acids is 1. The number of ketones is 1. The molecule has 5 nitrogen and oxygen atoms in total. The van der Waals surface area contributed by atoms with Gasteiger partial charge in [-0.25, -0.2) is 4.79 Å². The molecule has 0 bridgehead atoms. The van der Waals surface area contributed by atoms with Crippen LogP contribution in [-0.2, 0) is 0 Å². The van der Waals surface area contributed by atoms with Crippen LogP contribution in [0.2, 0.25) is 0 Å². The molecule has 5 heteroatoms. The highest BCUT2D eigenvalue weighted by Gasteiger charge is 2.41. The SMILES string of the molecule is O=C(O)c1ccc2c(c1)C(=O)CC1(CCNCC1)O2. The lowest BCUT2D eigenvalue weighted by Gasteiger charge is -2.40. The summed E-state index contributed by atoms with van der Waals surface area (Å²) in [5.74, 6) is -0.535. The fourth-order valence-corrected chi connectivity index (χ4v) is 2.79. The first-order valence-corrected chi connectivity index (χ1v) is 6.40. The van der Waals surface area contributed by atoms with E-state index >= 15 is 0 Å². The molecule has 0 saturated carbocycles. The minimum Gasteiger partial charge on any atom is -0.486 e. The van der Waals surface area contributed by atoms with Gasteiger partial charge >= 0.3 is 5.97 Å². The van der Waals surface area contributed by atoms with Crippen LogP contribution in [0, 0.1) is 0 Å². The molecular weight excluding hydrogens is 246 g/mol. The molecule has 0 atom stereocenters. The summed E-state index contributed by atoms with van der Waals surface area (Å²) < 4.78 is 6.01. The zero-order valence-corrected chi connectivity index (χ0v) is 10.4. The molecule has 2 heterocycles. The van der Waals surface area contributed by atoms with Crippen molar-refractivity contribution >= 4 is 11.8 Å². The first kappa shape index (κ1) is 12.2. The number of carbonyl (C=O) groups excluding carboxylic acids is 1. The Kier molecular flexibility index (Phi) is 2.78. The molecule has 1 saturated heterocycles. The van der Waals surface area contributed by atoms with Gasteiger partial charge in [-0.2, -0.15) is 0 Å². The quantitative estimate of drug-likeness (QED) is 0.800. The molecule has 1 fully saturated rings. The topological polar surface area (TPSA) is 75.6 Å². The van der Waals surface area contributed by atoms with Gasteiger partial charge in [0, 0.05) is 12.8 Å². The number of carboxylic acid groups (broad SMARTS) is 1. The van der Waals surface area contributed by atoms with Crippen LogP contribution in [0.3, 0.4) is 0 Å². The molecule has 0 amide bonds. The molecule has 0 aromatic heterocycles. The number of nitrogens with one attached hydrogen (secondary N) is 1. The highest BCUT2D eigenvalue weighted by atomic mass is 16.5. The van der Waals surface area contributed by atoms with E-state index in [1.165, 1.54) is 12.1 Å². The van der Waals surface area contributed by atoms with Crippen LogP contribution < -0.4 is 10.1 Å². The van der Waals surface area contributed by atoms with Gasteiger partial charge in [0.15, 0.2) is 5.78 Å². The normalized spacial score (nSPS) is 20.7. The number of hydrogen-bond donors (Lipinski definition) is 2. The maximum absolute atomic E-state index is 12.2. The maximum atomic E-state index is 12.2. The maximum Gasteiger partial charge on any atom is 0.335 e. The Morgan fingerprint density at radius 1 is 1.32 bits per heavy atom. The molecule has 2 aliphatic rings. The van der Waals surface area contributed by atoms with Crippen LogP contribution in [0.1, 0.15) is 40.0 Å². The molecule has 0 radical (unpaired) electrons. The standard InChI is InChI=1S/C14H15NO4/c16-11-8-14(3-5-15-6-4-14)19-12-2-1-9(13(17)18)7-10(11)12/h1-2,7,15H,3-6,8H2,(H,17,18). The van der Waals surface area contributed by atoms with Gasteiger partial charge in [0.1, 0.15) is 11.4 Å². The zero-order valence-electron chi connectivity index (χ0n) is 10.4. The number of Topliss-reactive ketones (excluding diaryl/α,β-unsaturated/α-hetero) is 1. The van der Waals surface area contributed by atoms with Gasteiger partial charge in [-0.15, -0.1) is 0 Å². The van der Waals surface area contributed by atoms with Gasteiger partial charge in [0.2, 0.25) is 0 Å². The summed E-state index contributed by atoms with van der Waals surface area (Å²) in [6.45, 7) is 1.69.